The van der Waals surface area contributed by atoms with Gasteiger partial charge >= 0.3 is 0 Å². The van der Waals surface area contributed by atoms with Crippen LogP contribution < -0.4 is 5.73 Å². The van der Waals surface area contributed by atoms with Gasteiger partial charge < -0.3 is 5.73 Å². The second-order valence-electron chi connectivity index (χ2n) is 3.85. The van der Waals surface area contributed by atoms with Crippen molar-refractivity contribution in [3.05, 3.63) is 22.4 Å². The molecule has 0 radical (unpaired) electrons. The highest BCUT2D eigenvalue weighted by molar-refractivity contribution is 7.84. The van der Waals surface area contributed by atoms with Crippen LogP contribution in [0.1, 0.15) is 19.4 Å². The molecule has 4 heteroatoms. The lowest BCUT2D eigenvalue weighted by Gasteiger charge is -2.17. The fraction of sp³-hybridized carbons (Fsp3) is 0.556. The van der Waals surface area contributed by atoms with Gasteiger partial charge in [-0.05, 0) is 36.2 Å². The van der Waals surface area contributed by atoms with Crippen LogP contribution in [0.15, 0.2) is 16.8 Å². The van der Waals surface area contributed by atoms with Crippen LogP contribution in [-0.2, 0) is 16.6 Å². The maximum atomic E-state index is 11.6. The number of hydrogen-bond donors (Lipinski definition) is 1. The van der Waals surface area contributed by atoms with Crippen LogP contribution in [0.5, 0.6) is 0 Å². The Morgan fingerprint density at radius 2 is 2.31 bits per heavy atom. The Morgan fingerprint density at radius 3 is 2.77 bits per heavy atom. The molecule has 74 valence electrons. The largest absolute Gasteiger partial charge is 0.325 e. The summed E-state index contributed by atoms with van der Waals surface area (Å²) < 4.78 is 11.6. The van der Waals surface area contributed by atoms with Gasteiger partial charge in [0.25, 0.3) is 0 Å². The normalized spacial score (nSPS) is 14.4. The van der Waals surface area contributed by atoms with E-state index in [1.54, 1.807) is 11.3 Å². The van der Waals surface area contributed by atoms with Crippen LogP contribution in [0.2, 0.25) is 0 Å². The molecule has 0 aromatic carbocycles. The first-order valence-electron chi connectivity index (χ1n) is 4.12. The van der Waals surface area contributed by atoms with Gasteiger partial charge in [0.15, 0.2) is 0 Å². The standard InChI is InChI=1S/C9H15NOS2/c1-9(2,10)7-13(11)6-8-3-4-12-5-8/h3-5H,6-7,10H2,1-2H3. The third-order valence-corrected chi connectivity index (χ3v) is 3.89. The van der Waals surface area contributed by atoms with Crippen LogP contribution in [0.4, 0.5) is 0 Å². The van der Waals surface area contributed by atoms with E-state index in [-0.39, 0.29) is 5.54 Å². The van der Waals surface area contributed by atoms with Gasteiger partial charge in [0.05, 0.1) is 0 Å². The third kappa shape index (κ3) is 4.55. The van der Waals surface area contributed by atoms with Crippen LogP contribution in [-0.4, -0.2) is 15.5 Å². The molecule has 0 aliphatic carbocycles. The topological polar surface area (TPSA) is 43.1 Å². The van der Waals surface area contributed by atoms with Gasteiger partial charge in [-0.15, -0.1) is 0 Å². The quantitative estimate of drug-likeness (QED) is 0.834. The minimum absolute atomic E-state index is 0.332. The zero-order valence-electron chi connectivity index (χ0n) is 7.95. The zero-order valence-corrected chi connectivity index (χ0v) is 9.58. The van der Waals surface area contributed by atoms with Crippen molar-refractivity contribution in [1.82, 2.24) is 0 Å². The van der Waals surface area contributed by atoms with Crippen LogP contribution >= 0.6 is 11.3 Å². The molecule has 1 atom stereocenters. The summed E-state index contributed by atoms with van der Waals surface area (Å²) >= 11 is 1.63. The van der Waals surface area contributed by atoms with Gasteiger partial charge in [-0.25, -0.2) is 0 Å². The summed E-state index contributed by atoms with van der Waals surface area (Å²) in [6.07, 6.45) is 0. The van der Waals surface area contributed by atoms with E-state index < -0.39 is 10.8 Å². The lowest BCUT2D eigenvalue weighted by Crippen LogP contribution is -2.38. The molecular formula is C9H15NOS2. The number of thiophene rings is 1. The zero-order chi connectivity index (χ0) is 9.90. The van der Waals surface area contributed by atoms with Crippen LogP contribution in [0.25, 0.3) is 0 Å². The molecule has 0 aliphatic heterocycles. The maximum absolute atomic E-state index is 11.6. The van der Waals surface area contributed by atoms with E-state index in [0.29, 0.717) is 11.5 Å². The molecule has 2 N–H and O–H groups in total. The van der Waals surface area contributed by atoms with E-state index in [9.17, 15) is 4.21 Å². The summed E-state index contributed by atoms with van der Waals surface area (Å²) in [4.78, 5) is 0. The second kappa shape index (κ2) is 4.35. The van der Waals surface area contributed by atoms with Crippen LogP contribution in [0.3, 0.4) is 0 Å². The average molecular weight is 217 g/mol. The molecular weight excluding hydrogens is 202 g/mol. The summed E-state index contributed by atoms with van der Waals surface area (Å²) in [6.45, 7) is 3.80. The van der Waals surface area contributed by atoms with E-state index in [2.05, 4.69) is 0 Å². The predicted octanol–water partition coefficient (Wildman–Crippen LogP) is 1.73. The monoisotopic (exact) mass is 217 g/mol. The Morgan fingerprint density at radius 1 is 1.62 bits per heavy atom. The smallest absolute Gasteiger partial charge is 0.0494 e. The third-order valence-electron chi connectivity index (χ3n) is 1.44. The highest BCUT2D eigenvalue weighted by atomic mass is 32.2. The summed E-state index contributed by atoms with van der Waals surface area (Å²) in [5, 5.41) is 4.03. The first-order valence-corrected chi connectivity index (χ1v) is 6.55. The molecule has 0 fully saturated rings. The number of nitrogens with two attached hydrogens (primary N) is 1. The fourth-order valence-electron chi connectivity index (χ4n) is 1.03. The molecule has 2 nitrogen and oxygen atoms in total. The van der Waals surface area contributed by atoms with Crippen molar-refractivity contribution in [3.8, 4) is 0 Å². The summed E-state index contributed by atoms with van der Waals surface area (Å²) in [5.41, 5.74) is 6.59. The molecule has 1 rings (SSSR count). The Bertz CT molecular complexity index is 274. The lowest BCUT2D eigenvalue weighted by atomic mass is 10.1. The maximum Gasteiger partial charge on any atom is 0.0494 e. The highest BCUT2D eigenvalue weighted by Crippen LogP contribution is 2.10. The molecule has 0 amide bonds. The molecule has 0 spiro atoms. The minimum atomic E-state index is -0.837. The molecule has 1 aromatic heterocycles. The first kappa shape index (κ1) is 10.9. The van der Waals surface area contributed by atoms with Gasteiger partial charge in [0.2, 0.25) is 0 Å². The summed E-state index contributed by atoms with van der Waals surface area (Å²) in [7, 11) is -0.837. The van der Waals surface area contributed by atoms with E-state index >= 15 is 0 Å². The van der Waals surface area contributed by atoms with Crippen molar-refractivity contribution in [2.24, 2.45) is 5.73 Å². The van der Waals surface area contributed by atoms with Gasteiger partial charge in [0.1, 0.15) is 0 Å². The van der Waals surface area contributed by atoms with Crippen molar-refractivity contribution in [3.63, 3.8) is 0 Å². The number of hydrogen-bond acceptors (Lipinski definition) is 3. The SMILES string of the molecule is CC(C)(N)CS(=O)Cc1ccsc1. The van der Waals surface area contributed by atoms with E-state index in [4.69, 9.17) is 5.73 Å². The van der Waals surface area contributed by atoms with Crippen molar-refractivity contribution in [2.45, 2.75) is 25.1 Å². The summed E-state index contributed by atoms with van der Waals surface area (Å²) in [6, 6.07) is 2.01. The second-order valence-corrected chi connectivity index (χ2v) is 6.09. The minimum Gasteiger partial charge on any atom is -0.325 e. The fourth-order valence-corrected chi connectivity index (χ4v) is 3.28. The molecule has 13 heavy (non-hydrogen) atoms. The Hall–Kier alpha value is -0.190. The molecule has 1 unspecified atom stereocenters. The van der Waals surface area contributed by atoms with Gasteiger partial charge in [-0.1, -0.05) is 0 Å². The Labute approximate surface area is 85.6 Å². The van der Waals surface area contributed by atoms with Gasteiger partial charge in [-0.3, -0.25) is 4.21 Å². The van der Waals surface area contributed by atoms with Gasteiger partial charge in [-0.2, -0.15) is 11.3 Å². The summed E-state index contributed by atoms with van der Waals surface area (Å²) in [5.74, 6) is 1.19. The first-order chi connectivity index (χ1) is 5.97. The predicted molar refractivity (Wildman–Crippen MR) is 59.3 cm³/mol. The lowest BCUT2D eigenvalue weighted by molar-refractivity contribution is 0.577. The Balaban J connectivity index is 2.43. The van der Waals surface area contributed by atoms with Crippen LogP contribution in [0, 0.1) is 0 Å². The van der Waals surface area contributed by atoms with Crippen molar-refractivity contribution in [1.29, 1.82) is 0 Å². The highest BCUT2D eigenvalue weighted by Gasteiger charge is 2.15. The van der Waals surface area contributed by atoms with Gasteiger partial charge in [0, 0.05) is 27.8 Å². The molecule has 1 aromatic rings. The van der Waals surface area contributed by atoms with Crippen molar-refractivity contribution < 1.29 is 4.21 Å². The van der Waals surface area contributed by atoms with Crippen molar-refractivity contribution >= 4 is 22.1 Å². The van der Waals surface area contributed by atoms with E-state index in [0.717, 1.165) is 5.56 Å². The van der Waals surface area contributed by atoms with E-state index in [1.807, 2.05) is 30.7 Å². The van der Waals surface area contributed by atoms with Crippen molar-refractivity contribution in [2.75, 3.05) is 5.75 Å². The average Bonchev–Trinajstić information content (AvgIpc) is 2.34. The molecule has 1 heterocycles. The number of rotatable bonds is 4. The molecule has 0 aliphatic rings. The molecule has 0 saturated heterocycles. The molecule has 0 bridgehead atoms. The Kier molecular flexibility index (Phi) is 3.64. The van der Waals surface area contributed by atoms with E-state index in [1.165, 1.54) is 0 Å². The molecule has 0 saturated carbocycles.